The van der Waals surface area contributed by atoms with E-state index in [0.29, 0.717) is 23.4 Å². The van der Waals surface area contributed by atoms with Crippen molar-refractivity contribution >= 4 is 11.5 Å². The highest BCUT2D eigenvalue weighted by Crippen LogP contribution is 2.26. The van der Waals surface area contributed by atoms with Crippen molar-refractivity contribution in [2.45, 2.75) is 27.2 Å². The van der Waals surface area contributed by atoms with Gasteiger partial charge >= 0.3 is 0 Å². The van der Waals surface area contributed by atoms with Crippen LogP contribution in [0.3, 0.4) is 0 Å². The number of ether oxygens (including phenoxy) is 1. The fourth-order valence-electron chi connectivity index (χ4n) is 2.20. The maximum Gasteiger partial charge on any atom is 0.193 e. The van der Waals surface area contributed by atoms with E-state index in [1.807, 2.05) is 26.0 Å². The van der Waals surface area contributed by atoms with E-state index in [4.69, 9.17) is 10.5 Å². The Kier molecular flexibility index (Phi) is 4.63. The third-order valence-electron chi connectivity index (χ3n) is 3.62. The van der Waals surface area contributed by atoms with Gasteiger partial charge in [0, 0.05) is 16.8 Å². The molecular formula is C18H21NO2. The van der Waals surface area contributed by atoms with Gasteiger partial charge in [-0.3, -0.25) is 4.79 Å². The SMILES string of the molecule is CCCOc1ccc(C(=O)c2ccc(N)cc2)c(C)c1C. The van der Waals surface area contributed by atoms with Crippen LogP contribution in [0.2, 0.25) is 0 Å². The highest BCUT2D eigenvalue weighted by molar-refractivity contribution is 6.10. The Morgan fingerprint density at radius 2 is 1.71 bits per heavy atom. The van der Waals surface area contributed by atoms with E-state index >= 15 is 0 Å². The maximum atomic E-state index is 12.6. The molecule has 2 aromatic carbocycles. The van der Waals surface area contributed by atoms with Crippen LogP contribution < -0.4 is 10.5 Å². The Hall–Kier alpha value is -2.29. The summed E-state index contributed by atoms with van der Waals surface area (Å²) in [6.07, 6.45) is 0.963. The molecular weight excluding hydrogens is 262 g/mol. The minimum Gasteiger partial charge on any atom is -0.493 e. The molecule has 110 valence electrons. The lowest BCUT2D eigenvalue weighted by Crippen LogP contribution is -2.07. The molecule has 0 unspecified atom stereocenters. The highest BCUT2D eigenvalue weighted by Gasteiger charge is 2.15. The summed E-state index contributed by atoms with van der Waals surface area (Å²) in [5, 5.41) is 0. The third-order valence-corrected chi connectivity index (χ3v) is 3.62. The summed E-state index contributed by atoms with van der Waals surface area (Å²) in [5.41, 5.74) is 9.65. The quantitative estimate of drug-likeness (QED) is 0.668. The molecule has 0 radical (unpaired) electrons. The zero-order chi connectivity index (χ0) is 15.4. The molecule has 0 aliphatic rings. The van der Waals surface area contributed by atoms with Gasteiger partial charge in [-0.25, -0.2) is 0 Å². The molecule has 0 spiro atoms. The van der Waals surface area contributed by atoms with Crippen molar-refractivity contribution in [3.05, 3.63) is 58.7 Å². The number of anilines is 1. The van der Waals surface area contributed by atoms with Crippen molar-refractivity contribution in [3.63, 3.8) is 0 Å². The van der Waals surface area contributed by atoms with Crippen molar-refractivity contribution in [2.75, 3.05) is 12.3 Å². The van der Waals surface area contributed by atoms with E-state index in [1.54, 1.807) is 24.3 Å². The van der Waals surface area contributed by atoms with E-state index in [9.17, 15) is 4.79 Å². The van der Waals surface area contributed by atoms with Crippen LogP contribution in [-0.4, -0.2) is 12.4 Å². The van der Waals surface area contributed by atoms with Crippen molar-refractivity contribution in [3.8, 4) is 5.75 Å². The Balaban J connectivity index is 2.34. The molecule has 0 saturated carbocycles. The molecule has 0 heterocycles. The average Bonchev–Trinajstić information content (AvgIpc) is 2.49. The van der Waals surface area contributed by atoms with Crippen LogP contribution in [0.1, 0.15) is 40.4 Å². The minimum absolute atomic E-state index is 0.0117. The molecule has 0 amide bonds. The fourth-order valence-corrected chi connectivity index (χ4v) is 2.20. The van der Waals surface area contributed by atoms with E-state index in [-0.39, 0.29) is 5.78 Å². The number of benzene rings is 2. The lowest BCUT2D eigenvalue weighted by Gasteiger charge is -2.13. The second kappa shape index (κ2) is 6.44. The average molecular weight is 283 g/mol. The smallest absolute Gasteiger partial charge is 0.193 e. The van der Waals surface area contributed by atoms with Gasteiger partial charge in [0.1, 0.15) is 5.75 Å². The number of nitrogen functional groups attached to an aromatic ring is 1. The predicted octanol–water partition coefficient (Wildman–Crippen LogP) is 3.91. The first kappa shape index (κ1) is 15.1. The molecule has 0 fully saturated rings. The first-order valence-corrected chi connectivity index (χ1v) is 7.17. The molecule has 3 heteroatoms. The van der Waals surface area contributed by atoms with Gasteiger partial charge in [0.05, 0.1) is 6.61 Å². The molecule has 0 atom stereocenters. The Morgan fingerprint density at radius 3 is 2.33 bits per heavy atom. The minimum atomic E-state index is 0.0117. The molecule has 21 heavy (non-hydrogen) atoms. The van der Waals surface area contributed by atoms with E-state index in [1.165, 1.54) is 0 Å². The van der Waals surface area contributed by atoms with Gasteiger partial charge in [0.25, 0.3) is 0 Å². The standard InChI is InChI=1S/C18H21NO2/c1-4-11-21-17-10-9-16(12(2)13(17)3)18(20)14-5-7-15(19)8-6-14/h5-10H,4,11,19H2,1-3H3. The Labute approximate surface area is 125 Å². The van der Waals surface area contributed by atoms with Crippen LogP contribution in [-0.2, 0) is 0 Å². The highest BCUT2D eigenvalue weighted by atomic mass is 16.5. The number of nitrogens with two attached hydrogens (primary N) is 1. The monoisotopic (exact) mass is 283 g/mol. The van der Waals surface area contributed by atoms with Crippen LogP contribution in [0.15, 0.2) is 36.4 Å². The molecule has 2 aromatic rings. The van der Waals surface area contributed by atoms with Gasteiger partial charge in [-0.1, -0.05) is 6.92 Å². The summed E-state index contributed by atoms with van der Waals surface area (Å²) in [4.78, 5) is 12.6. The largest absolute Gasteiger partial charge is 0.493 e. The summed E-state index contributed by atoms with van der Waals surface area (Å²) in [6.45, 7) is 6.70. The lowest BCUT2D eigenvalue weighted by molar-refractivity contribution is 0.103. The Bertz CT molecular complexity index is 645. The van der Waals surface area contributed by atoms with Crippen LogP contribution in [0.4, 0.5) is 5.69 Å². The summed E-state index contributed by atoms with van der Waals surface area (Å²) in [6, 6.07) is 10.7. The lowest BCUT2D eigenvalue weighted by atomic mass is 9.95. The normalized spacial score (nSPS) is 10.4. The zero-order valence-electron chi connectivity index (χ0n) is 12.8. The van der Waals surface area contributed by atoms with E-state index in [0.717, 1.165) is 23.3 Å². The zero-order valence-corrected chi connectivity index (χ0v) is 12.8. The van der Waals surface area contributed by atoms with Crippen LogP contribution >= 0.6 is 0 Å². The van der Waals surface area contributed by atoms with Gasteiger partial charge in [-0.15, -0.1) is 0 Å². The molecule has 0 aromatic heterocycles. The summed E-state index contributed by atoms with van der Waals surface area (Å²) < 4.78 is 5.70. The first-order valence-electron chi connectivity index (χ1n) is 7.17. The fraction of sp³-hybridized carbons (Fsp3) is 0.278. The summed E-state index contributed by atoms with van der Waals surface area (Å²) >= 11 is 0. The molecule has 2 rings (SSSR count). The van der Waals surface area contributed by atoms with Crippen LogP contribution in [0, 0.1) is 13.8 Å². The van der Waals surface area contributed by atoms with Crippen molar-refractivity contribution in [2.24, 2.45) is 0 Å². The molecule has 0 aliphatic carbocycles. The van der Waals surface area contributed by atoms with Crippen molar-refractivity contribution in [1.82, 2.24) is 0 Å². The van der Waals surface area contributed by atoms with Gasteiger partial charge in [0.15, 0.2) is 5.78 Å². The molecule has 0 aliphatic heterocycles. The second-order valence-electron chi connectivity index (χ2n) is 5.16. The number of carbonyl (C=O) groups is 1. The number of hydrogen-bond donors (Lipinski definition) is 1. The van der Waals surface area contributed by atoms with Gasteiger partial charge in [0.2, 0.25) is 0 Å². The van der Waals surface area contributed by atoms with Crippen molar-refractivity contribution in [1.29, 1.82) is 0 Å². The van der Waals surface area contributed by atoms with E-state index in [2.05, 4.69) is 6.92 Å². The predicted molar refractivity (Wildman–Crippen MR) is 86.0 cm³/mol. The summed E-state index contributed by atoms with van der Waals surface area (Å²) in [5.74, 6) is 0.862. The maximum absolute atomic E-state index is 12.6. The Morgan fingerprint density at radius 1 is 1.05 bits per heavy atom. The van der Waals surface area contributed by atoms with Crippen molar-refractivity contribution < 1.29 is 9.53 Å². The number of carbonyl (C=O) groups excluding carboxylic acids is 1. The number of hydrogen-bond acceptors (Lipinski definition) is 3. The third kappa shape index (κ3) is 3.24. The number of ketones is 1. The molecule has 3 nitrogen and oxygen atoms in total. The topological polar surface area (TPSA) is 52.3 Å². The van der Waals surface area contributed by atoms with Gasteiger partial charge in [-0.05, 0) is 67.8 Å². The molecule has 2 N–H and O–H groups in total. The summed E-state index contributed by atoms with van der Waals surface area (Å²) in [7, 11) is 0. The van der Waals surface area contributed by atoms with Gasteiger partial charge < -0.3 is 10.5 Å². The van der Waals surface area contributed by atoms with Crippen LogP contribution in [0.5, 0.6) is 5.75 Å². The van der Waals surface area contributed by atoms with Gasteiger partial charge in [-0.2, -0.15) is 0 Å². The van der Waals surface area contributed by atoms with E-state index < -0.39 is 0 Å². The molecule has 0 saturated heterocycles. The second-order valence-corrected chi connectivity index (χ2v) is 5.16. The van der Waals surface area contributed by atoms with Crippen LogP contribution in [0.25, 0.3) is 0 Å². The first-order chi connectivity index (χ1) is 10.0. The molecule has 0 bridgehead atoms. The number of rotatable bonds is 5.